The van der Waals surface area contributed by atoms with Crippen molar-refractivity contribution in [3.05, 3.63) is 95.3 Å². The fraction of sp³-hybridized carbons (Fsp3) is 0.296. The van der Waals surface area contributed by atoms with Gasteiger partial charge in [0.1, 0.15) is 12.4 Å². The van der Waals surface area contributed by atoms with Crippen LogP contribution in [0, 0.1) is 0 Å². The van der Waals surface area contributed by atoms with E-state index < -0.39 is 11.0 Å². The molecule has 3 heterocycles. The van der Waals surface area contributed by atoms with Gasteiger partial charge in [-0.15, -0.1) is 0 Å². The molecule has 2 fully saturated rings. The molecule has 0 unspecified atom stereocenters. The van der Waals surface area contributed by atoms with Crippen molar-refractivity contribution in [2.45, 2.75) is 36.9 Å². The molecule has 2 aromatic carbocycles. The van der Waals surface area contributed by atoms with Gasteiger partial charge < -0.3 is 14.4 Å². The summed E-state index contributed by atoms with van der Waals surface area (Å²) >= 11 is 0. The summed E-state index contributed by atoms with van der Waals surface area (Å²) in [6.07, 6.45) is 5.74. The van der Waals surface area contributed by atoms with Gasteiger partial charge in [-0.2, -0.15) is 0 Å². The van der Waals surface area contributed by atoms with Crippen molar-refractivity contribution in [2.24, 2.45) is 0 Å². The van der Waals surface area contributed by atoms with Crippen molar-refractivity contribution >= 4 is 11.9 Å². The van der Waals surface area contributed by atoms with Crippen molar-refractivity contribution in [3.63, 3.8) is 0 Å². The number of hydrogen-bond donors (Lipinski definition) is 0. The first-order valence-electron chi connectivity index (χ1n) is 11.3. The van der Waals surface area contributed by atoms with E-state index in [1.165, 1.54) is 0 Å². The zero-order valence-electron chi connectivity index (χ0n) is 18.2. The van der Waals surface area contributed by atoms with E-state index in [0.29, 0.717) is 31.7 Å². The Labute approximate surface area is 192 Å². The summed E-state index contributed by atoms with van der Waals surface area (Å²) in [6.45, 7) is 1.49. The predicted octanol–water partition coefficient (Wildman–Crippen LogP) is 3.99. The molecule has 6 nitrogen and oxygen atoms in total. The van der Waals surface area contributed by atoms with Gasteiger partial charge in [0, 0.05) is 30.9 Å². The summed E-state index contributed by atoms with van der Waals surface area (Å²) in [7, 11) is 0. The molecule has 0 N–H and O–H groups in total. The van der Waals surface area contributed by atoms with Crippen LogP contribution in [0.1, 0.15) is 46.3 Å². The largest absolute Gasteiger partial charge is 0.489 e. The summed E-state index contributed by atoms with van der Waals surface area (Å²) in [5.74, 6) is 0.631. The number of benzene rings is 2. The Morgan fingerprint density at radius 3 is 2.52 bits per heavy atom. The number of ether oxygens (including phenoxy) is 2. The molecule has 0 bridgehead atoms. The van der Waals surface area contributed by atoms with Gasteiger partial charge in [-0.25, -0.2) is 4.79 Å². The lowest BCUT2D eigenvalue weighted by atomic mass is 9.91. The molecule has 1 saturated heterocycles. The number of likely N-dealkylation sites (tertiary alicyclic amines) is 1. The van der Waals surface area contributed by atoms with E-state index in [0.717, 1.165) is 35.3 Å². The van der Waals surface area contributed by atoms with Crippen molar-refractivity contribution in [2.75, 3.05) is 13.1 Å². The number of nitrogens with zero attached hydrogens (tertiary/aromatic N) is 2. The lowest BCUT2D eigenvalue weighted by Crippen LogP contribution is -2.40. The quantitative estimate of drug-likeness (QED) is 0.561. The Bertz CT molecular complexity index is 1220. The minimum absolute atomic E-state index is 0.139. The third-order valence-corrected chi connectivity index (χ3v) is 7.17. The average Bonchev–Trinajstić information content (AvgIpc) is 3.49. The standard InChI is InChI=1S/C27H24N2O4/c30-24-22-3-1-2-4-23(22)27(33-24)13-16-29(18-27)25(31)26(11-12-26)20-7-5-19(6-8-20)17-32-21-9-14-28-15-10-21/h1-10,14-15H,11-13,16-18H2/t27-/m0/s1. The van der Waals surface area contributed by atoms with Gasteiger partial charge in [-0.05, 0) is 42.2 Å². The normalized spacial score (nSPS) is 22.2. The molecule has 33 heavy (non-hydrogen) atoms. The molecule has 1 amide bonds. The lowest BCUT2D eigenvalue weighted by Gasteiger charge is -2.27. The first-order valence-corrected chi connectivity index (χ1v) is 11.3. The molecular formula is C27H24N2O4. The van der Waals surface area contributed by atoms with E-state index >= 15 is 0 Å². The molecule has 1 atom stereocenters. The second-order valence-corrected chi connectivity index (χ2v) is 9.16. The predicted molar refractivity (Wildman–Crippen MR) is 121 cm³/mol. The summed E-state index contributed by atoms with van der Waals surface area (Å²) in [6, 6.07) is 19.4. The van der Waals surface area contributed by atoms with Crippen LogP contribution < -0.4 is 4.74 Å². The van der Waals surface area contributed by atoms with E-state index in [-0.39, 0.29) is 11.9 Å². The van der Waals surface area contributed by atoms with Crippen LogP contribution in [0.5, 0.6) is 5.75 Å². The van der Waals surface area contributed by atoms with Crippen LogP contribution in [0.15, 0.2) is 73.1 Å². The zero-order chi connectivity index (χ0) is 22.5. The highest BCUT2D eigenvalue weighted by molar-refractivity contribution is 5.96. The summed E-state index contributed by atoms with van der Waals surface area (Å²) < 4.78 is 11.6. The fourth-order valence-corrected chi connectivity index (χ4v) is 5.18. The number of carbonyl (C=O) groups is 2. The number of amides is 1. The van der Waals surface area contributed by atoms with Crippen molar-refractivity contribution in [1.29, 1.82) is 0 Å². The SMILES string of the molecule is O=C1O[C@]2(CCN(C(=O)C3(c4ccc(COc5ccncc5)cc4)CC3)C2)c2ccccc21. The number of pyridine rings is 1. The summed E-state index contributed by atoms with van der Waals surface area (Å²) in [4.78, 5) is 31.9. The molecule has 166 valence electrons. The van der Waals surface area contributed by atoms with Crippen LogP contribution in [0.2, 0.25) is 0 Å². The van der Waals surface area contributed by atoms with Gasteiger partial charge in [-0.1, -0.05) is 42.5 Å². The third-order valence-electron chi connectivity index (χ3n) is 7.17. The highest BCUT2D eigenvalue weighted by Gasteiger charge is 2.57. The molecule has 1 aliphatic carbocycles. The van der Waals surface area contributed by atoms with Crippen LogP contribution in [0.25, 0.3) is 0 Å². The first-order chi connectivity index (χ1) is 16.1. The molecule has 1 aromatic heterocycles. The molecular weight excluding hydrogens is 416 g/mol. The number of esters is 1. The van der Waals surface area contributed by atoms with Crippen LogP contribution >= 0.6 is 0 Å². The maximum Gasteiger partial charge on any atom is 0.339 e. The lowest BCUT2D eigenvalue weighted by molar-refractivity contribution is -0.134. The van der Waals surface area contributed by atoms with E-state index in [4.69, 9.17) is 9.47 Å². The van der Waals surface area contributed by atoms with Crippen LogP contribution in [-0.4, -0.2) is 34.8 Å². The van der Waals surface area contributed by atoms with E-state index in [1.807, 2.05) is 59.5 Å². The molecule has 1 saturated carbocycles. The third kappa shape index (κ3) is 3.28. The molecule has 2 aliphatic heterocycles. The Balaban J connectivity index is 1.16. The van der Waals surface area contributed by atoms with E-state index in [2.05, 4.69) is 4.98 Å². The van der Waals surface area contributed by atoms with Gasteiger partial charge in [-0.3, -0.25) is 9.78 Å². The Morgan fingerprint density at radius 2 is 1.76 bits per heavy atom. The molecule has 3 aromatic rings. The van der Waals surface area contributed by atoms with Gasteiger partial charge in [0.05, 0.1) is 17.5 Å². The number of rotatable bonds is 5. The fourth-order valence-electron chi connectivity index (χ4n) is 5.18. The van der Waals surface area contributed by atoms with Gasteiger partial charge in [0.2, 0.25) is 5.91 Å². The Morgan fingerprint density at radius 1 is 1.00 bits per heavy atom. The highest BCUT2D eigenvalue weighted by Crippen LogP contribution is 2.52. The van der Waals surface area contributed by atoms with Crippen LogP contribution in [0.3, 0.4) is 0 Å². The molecule has 0 radical (unpaired) electrons. The van der Waals surface area contributed by atoms with E-state index in [9.17, 15) is 9.59 Å². The van der Waals surface area contributed by atoms with Gasteiger partial charge >= 0.3 is 5.97 Å². The monoisotopic (exact) mass is 440 g/mol. The summed E-state index contributed by atoms with van der Waals surface area (Å²) in [5, 5.41) is 0. The minimum Gasteiger partial charge on any atom is -0.489 e. The Kier molecular flexibility index (Phi) is 4.50. The molecule has 1 spiro atoms. The average molecular weight is 440 g/mol. The number of aromatic nitrogens is 1. The van der Waals surface area contributed by atoms with Crippen molar-refractivity contribution < 1.29 is 19.1 Å². The first kappa shape index (κ1) is 20.0. The maximum atomic E-state index is 13.6. The summed E-state index contributed by atoms with van der Waals surface area (Å²) in [5.41, 5.74) is 2.47. The van der Waals surface area contributed by atoms with E-state index in [1.54, 1.807) is 18.5 Å². The van der Waals surface area contributed by atoms with Crippen LogP contribution in [0.4, 0.5) is 0 Å². The van der Waals surface area contributed by atoms with Crippen molar-refractivity contribution in [1.82, 2.24) is 9.88 Å². The molecule has 6 heteroatoms. The maximum absolute atomic E-state index is 13.6. The highest BCUT2D eigenvalue weighted by atomic mass is 16.6. The number of fused-ring (bicyclic) bond motifs is 2. The Hall–Kier alpha value is -3.67. The topological polar surface area (TPSA) is 68.7 Å². The number of hydrogen-bond acceptors (Lipinski definition) is 5. The van der Waals surface area contributed by atoms with Crippen LogP contribution in [-0.2, 0) is 27.2 Å². The number of carbonyl (C=O) groups excluding carboxylic acids is 2. The molecule has 3 aliphatic rings. The van der Waals surface area contributed by atoms with Gasteiger partial charge in [0.25, 0.3) is 0 Å². The van der Waals surface area contributed by atoms with Gasteiger partial charge in [0.15, 0.2) is 5.60 Å². The minimum atomic E-state index is -0.701. The molecule has 6 rings (SSSR count). The smallest absolute Gasteiger partial charge is 0.339 e. The zero-order valence-corrected chi connectivity index (χ0v) is 18.2. The van der Waals surface area contributed by atoms with Crippen molar-refractivity contribution in [3.8, 4) is 5.75 Å². The second kappa shape index (κ2) is 7.44. The second-order valence-electron chi connectivity index (χ2n) is 9.16.